The normalized spacial score (nSPS) is 10.9. The van der Waals surface area contributed by atoms with Gasteiger partial charge in [-0.2, -0.15) is 0 Å². The van der Waals surface area contributed by atoms with Crippen LogP contribution in [-0.4, -0.2) is 0 Å². The molecule has 0 aliphatic rings. The van der Waals surface area contributed by atoms with E-state index in [4.69, 9.17) is 0 Å². The Labute approximate surface area is 214 Å². The van der Waals surface area contributed by atoms with Crippen molar-refractivity contribution in [2.75, 3.05) is 4.90 Å². The van der Waals surface area contributed by atoms with Crippen LogP contribution in [0.1, 0.15) is 6.92 Å². The van der Waals surface area contributed by atoms with Crippen molar-refractivity contribution in [2.24, 2.45) is 0 Å². The van der Waals surface area contributed by atoms with E-state index in [0.29, 0.717) is 0 Å². The third-order valence-corrected chi connectivity index (χ3v) is 5.98. The van der Waals surface area contributed by atoms with Crippen molar-refractivity contribution < 1.29 is 0 Å². The second-order valence-corrected chi connectivity index (χ2v) is 8.35. The van der Waals surface area contributed by atoms with Crippen LogP contribution >= 0.6 is 0 Å². The zero-order valence-corrected chi connectivity index (χ0v) is 20.8. The molecule has 0 aromatic heterocycles. The van der Waals surface area contributed by atoms with Gasteiger partial charge in [0.25, 0.3) is 0 Å². The summed E-state index contributed by atoms with van der Waals surface area (Å²) in [6.07, 6.45) is 7.45. The summed E-state index contributed by atoms with van der Waals surface area (Å²) in [4.78, 5) is 2.26. The maximum Gasteiger partial charge on any atom is 0.0546 e. The van der Waals surface area contributed by atoms with Crippen LogP contribution in [0.15, 0.2) is 159 Å². The Morgan fingerprint density at radius 3 is 1.83 bits per heavy atom. The Morgan fingerprint density at radius 1 is 0.639 bits per heavy atom. The fourth-order valence-corrected chi connectivity index (χ4v) is 4.43. The highest BCUT2D eigenvalue weighted by atomic mass is 15.1. The Morgan fingerprint density at radius 2 is 1.19 bits per heavy atom. The smallest absolute Gasteiger partial charge is 0.0546 e. The molecular weight excluding hydrogens is 434 g/mol. The SMILES string of the molecule is C=C/C=C(\C=C)N(c1ccc(-c2ccccc2)cc1)c1cc2ccccc2c2ccccc12.C=CC. The van der Waals surface area contributed by atoms with Crippen LogP contribution in [0.3, 0.4) is 0 Å². The molecule has 1 nitrogen and oxygen atoms in total. The molecular formula is C35H31N. The number of nitrogens with zero attached hydrogens (tertiary/aromatic N) is 1. The third-order valence-electron chi connectivity index (χ3n) is 5.98. The average molecular weight is 466 g/mol. The van der Waals surface area contributed by atoms with Crippen molar-refractivity contribution in [1.29, 1.82) is 0 Å². The Kier molecular flexibility index (Phi) is 7.95. The maximum atomic E-state index is 4.10. The summed E-state index contributed by atoms with van der Waals surface area (Å²) in [5.74, 6) is 0. The predicted molar refractivity (Wildman–Crippen MR) is 160 cm³/mol. The fourth-order valence-electron chi connectivity index (χ4n) is 4.43. The summed E-state index contributed by atoms with van der Waals surface area (Å²) in [5.41, 5.74) is 5.55. The predicted octanol–water partition coefficient (Wildman–Crippen LogP) is 10.2. The molecule has 0 bridgehead atoms. The van der Waals surface area contributed by atoms with E-state index in [1.807, 2.05) is 31.2 Å². The standard InChI is InChI=1S/C32H25N.C3H6/c1-3-12-27(4-2)33(28-21-19-25(20-22-28)24-13-6-5-7-14-24)32-23-26-15-8-9-16-29(26)30-17-10-11-18-31(30)32;1-3-2/h3-23H,1-2H2;3H,1H2,2H3/b27-12+;. The molecule has 0 unspecified atom stereocenters. The van der Waals surface area contributed by atoms with Crippen LogP contribution in [-0.2, 0) is 0 Å². The molecule has 0 radical (unpaired) electrons. The Bertz CT molecular complexity index is 1520. The molecule has 0 aliphatic heterocycles. The van der Waals surface area contributed by atoms with Gasteiger partial charge in [0.1, 0.15) is 0 Å². The van der Waals surface area contributed by atoms with E-state index in [-0.39, 0.29) is 0 Å². The summed E-state index contributed by atoms with van der Waals surface area (Å²) in [6.45, 7) is 13.3. The minimum atomic E-state index is 0.970. The van der Waals surface area contributed by atoms with Gasteiger partial charge in [0, 0.05) is 16.8 Å². The molecule has 0 aliphatic carbocycles. The zero-order valence-electron chi connectivity index (χ0n) is 20.8. The lowest BCUT2D eigenvalue weighted by atomic mass is 9.98. The van der Waals surface area contributed by atoms with Gasteiger partial charge in [-0.1, -0.05) is 116 Å². The van der Waals surface area contributed by atoms with Crippen molar-refractivity contribution in [2.45, 2.75) is 6.92 Å². The molecule has 0 heterocycles. The van der Waals surface area contributed by atoms with Crippen molar-refractivity contribution in [1.82, 2.24) is 0 Å². The van der Waals surface area contributed by atoms with Crippen LogP contribution in [0.4, 0.5) is 11.4 Å². The van der Waals surface area contributed by atoms with Crippen molar-refractivity contribution in [3.63, 3.8) is 0 Å². The van der Waals surface area contributed by atoms with Gasteiger partial charge in [-0.05, 0) is 64.6 Å². The van der Waals surface area contributed by atoms with Gasteiger partial charge >= 0.3 is 0 Å². The van der Waals surface area contributed by atoms with Crippen LogP contribution in [0.25, 0.3) is 32.7 Å². The van der Waals surface area contributed by atoms with Crippen molar-refractivity contribution in [3.8, 4) is 11.1 Å². The monoisotopic (exact) mass is 465 g/mol. The lowest BCUT2D eigenvalue weighted by Crippen LogP contribution is -2.15. The Balaban J connectivity index is 0.000000967. The first-order valence-electron chi connectivity index (χ1n) is 12.1. The zero-order chi connectivity index (χ0) is 25.3. The van der Waals surface area contributed by atoms with E-state index in [1.54, 1.807) is 6.08 Å². The maximum absolute atomic E-state index is 4.10. The molecule has 176 valence electrons. The van der Waals surface area contributed by atoms with Crippen molar-refractivity contribution in [3.05, 3.63) is 159 Å². The van der Waals surface area contributed by atoms with Crippen LogP contribution in [0.2, 0.25) is 0 Å². The lowest BCUT2D eigenvalue weighted by Gasteiger charge is -2.28. The topological polar surface area (TPSA) is 3.24 Å². The first-order valence-corrected chi connectivity index (χ1v) is 12.1. The van der Waals surface area contributed by atoms with Gasteiger partial charge in [0.2, 0.25) is 0 Å². The molecule has 1 heteroatoms. The molecule has 0 fully saturated rings. The number of anilines is 2. The summed E-state index contributed by atoms with van der Waals surface area (Å²) < 4.78 is 0. The fraction of sp³-hybridized carbons (Fsp3) is 0.0286. The highest BCUT2D eigenvalue weighted by Crippen LogP contribution is 2.40. The van der Waals surface area contributed by atoms with Gasteiger partial charge in [0.15, 0.2) is 0 Å². The van der Waals surface area contributed by atoms with Crippen molar-refractivity contribution >= 4 is 32.9 Å². The van der Waals surface area contributed by atoms with Gasteiger partial charge in [0.05, 0.1) is 5.69 Å². The van der Waals surface area contributed by atoms with E-state index in [1.165, 1.54) is 32.7 Å². The van der Waals surface area contributed by atoms with Crippen LogP contribution in [0, 0.1) is 0 Å². The van der Waals surface area contributed by atoms with Crippen LogP contribution in [0.5, 0.6) is 0 Å². The minimum absolute atomic E-state index is 0.970. The Hall–Kier alpha value is -4.62. The van der Waals surface area contributed by atoms with Crippen LogP contribution < -0.4 is 4.90 Å². The quantitative estimate of drug-likeness (QED) is 0.137. The number of benzene rings is 5. The number of hydrogen-bond acceptors (Lipinski definition) is 1. The summed E-state index contributed by atoms with van der Waals surface area (Å²) >= 11 is 0. The lowest BCUT2D eigenvalue weighted by molar-refractivity contribution is 1.23. The summed E-state index contributed by atoms with van der Waals surface area (Å²) in [7, 11) is 0. The highest BCUT2D eigenvalue weighted by molar-refractivity contribution is 6.14. The highest BCUT2D eigenvalue weighted by Gasteiger charge is 2.17. The average Bonchev–Trinajstić information content (AvgIpc) is 2.94. The second kappa shape index (κ2) is 11.7. The third kappa shape index (κ3) is 5.06. The number of fused-ring (bicyclic) bond motifs is 3. The molecule has 0 saturated carbocycles. The second-order valence-electron chi connectivity index (χ2n) is 8.35. The van der Waals surface area contributed by atoms with Gasteiger partial charge in [-0.3, -0.25) is 0 Å². The molecule has 0 N–H and O–H groups in total. The molecule has 0 saturated heterocycles. The molecule has 5 aromatic carbocycles. The van der Waals surface area contributed by atoms with E-state index >= 15 is 0 Å². The summed E-state index contributed by atoms with van der Waals surface area (Å²) in [6, 6.07) is 38.6. The molecule has 0 spiro atoms. The van der Waals surface area contributed by atoms with E-state index in [2.05, 4.69) is 128 Å². The molecule has 0 atom stereocenters. The summed E-state index contributed by atoms with van der Waals surface area (Å²) in [5, 5.41) is 4.89. The minimum Gasteiger partial charge on any atom is -0.310 e. The van der Waals surface area contributed by atoms with Gasteiger partial charge < -0.3 is 4.90 Å². The van der Waals surface area contributed by atoms with Gasteiger partial charge in [-0.15, -0.1) is 6.58 Å². The van der Waals surface area contributed by atoms with Gasteiger partial charge in [-0.25, -0.2) is 0 Å². The molecule has 36 heavy (non-hydrogen) atoms. The largest absolute Gasteiger partial charge is 0.310 e. The number of allylic oxidation sites excluding steroid dienone is 4. The molecule has 0 amide bonds. The van der Waals surface area contributed by atoms with E-state index < -0.39 is 0 Å². The molecule has 5 aromatic rings. The number of hydrogen-bond donors (Lipinski definition) is 0. The van der Waals surface area contributed by atoms with E-state index in [0.717, 1.165) is 17.1 Å². The van der Waals surface area contributed by atoms with E-state index in [9.17, 15) is 0 Å². The molecule has 5 rings (SSSR count). The number of rotatable bonds is 6. The first kappa shape index (κ1) is 24.5. The first-order chi connectivity index (χ1) is 17.7.